The monoisotopic (exact) mass is 270 g/mol. The van der Waals surface area contributed by atoms with Gasteiger partial charge in [0, 0.05) is 19.1 Å². The Morgan fingerprint density at radius 3 is 3.06 bits per heavy atom. The van der Waals surface area contributed by atoms with Crippen LogP contribution in [0, 0.1) is 0 Å². The van der Waals surface area contributed by atoms with Crippen LogP contribution in [0.5, 0.6) is 0 Å². The molecule has 2 rings (SSSR count). The van der Waals surface area contributed by atoms with E-state index in [0.717, 1.165) is 5.16 Å². The predicted octanol–water partition coefficient (Wildman–Crippen LogP) is 0.544. The third-order valence-electron chi connectivity index (χ3n) is 2.94. The van der Waals surface area contributed by atoms with Gasteiger partial charge in [0.25, 0.3) is 0 Å². The van der Waals surface area contributed by atoms with Crippen molar-refractivity contribution < 1.29 is 9.90 Å². The second-order valence-corrected chi connectivity index (χ2v) is 5.63. The number of hydrogen-bond donors (Lipinski definition) is 1. The number of carbonyl (C=O) groups excluding carboxylic acids is 1. The summed E-state index contributed by atoms with van der Waals surface area (Å²) in [6, 6.07) is 0.284. The summed E-state index contributed by atoms with van der Waals surface area (Å²) in [5.41, 5.74) is 0. The molecule has 0 bridgehead atoms. The molecule has 2 heterocycles. The van der Waals surface area contributed by atoms with Crippen LogP contribution in [0.15, 0.2) is 11.5 Å². The number of thioether (sulfide) groups is 1. The number of aliphatic hydroxyl groups excluding tert-OH is 1. The first-order valence-electron chi connectivity index (χ1n) is 6.06. The molecule has 1 aromatic rings. The van der Waals surface area contributed by atoms with Crippen LogP contribution in [0.4, 0.5) is 0 Å². The molecule has 1 fully saturated rings. The van der Waals surface area contributed by atoms with Gasteiger partial charge in [-0.15, -0.1) is 10.2 Å². The quantitative estimate of drug-likeness (QED) is 0.809. The van der Waals surface area contributed by atoms with Gasteiger partial charge >= 0.3 is 0 Å². The van der Waals surface area contributed by atoms with Crippen LogP contribution in [0.2, 0.25) is 0 Å². The SMILES string of the molecule is CC(C)n1cnnc1SCC(=O)N1CC[C@H](O)C1. The highest BCUT2D eigenvalue weighted by Crippen LogP contribution is 2.20. The molecule has 0 radical (unpaired) electrons. The van der Waals surface area contributed by atoms with Gasteiger partial charge < -0.3 is 14.6 Å². The van der Waals surface area contributed by atoms with Crippen LogP contribution >= 0.6 is 11.8 Å². The number of aliphatic hydroxyl groups is 1. The minimum Gasteiger partial charge on any atom is -0.391 e. The van der Waals surface area contributed by atoms with E-state index in [9.17, 15) is 9.90 Å². The average Bonchev–Trinajstić information content (AvgIpc) is 2.94. The molecule has 7 heteroatoms. The van der Waals surface area contributed by atoms with Gasteiger partial charge in [-0.1, -0.05) is 11.8 Å². The van der Waals surface area contributed by atoms with Crippen molar-refractivity contribution in [2.45, 2.75) is 37.6 Å². The van der Waals surface area contributed by atoms with Gasteiger partial charge in [-0.2, -0.15) is 0 Å². The maximum Gasteiger partial charge on any atom is 0.233 e. The number of amides is 1. The Bertz CT molecular complexity index is 421. The molecule has 1 aliphatic heterocycles. The Hall–Kier alpha value is -1.08. The third kappa shape index (κ3) is 3.02. The van der Waals surface area contributed by atoms with Gasteiger partial charge in [0.1, 0.15) is 6.33 Å². The van der Waals surface area contributed by atoms with Crippen molar-refractivity contribution in [1.29, 1.82) is 0 Å². The summed E-state index contributed by atoms with van der Waals surface area (Å²) < 4.78 is 1.94. The Morgan fingerprint density at radius 2 is 2.44 bits per heavy atom. The first-order chi connectivity index (χ1) is 8.58. The molecule has 1 N–H and O–H groups in total. The Balaban J connectivity index is 1.87. The zero-order valence-corrected chi connectivity index (χ0v) is 11.4. The van der Waals surface area contributed by atoms with Gasteiger partial charge in [0.05, 0.1) is 11.9 Å². The smallest absolute Gasteiger partial charge is 0.233 e. The highest BCUT2D eigenvalue weighted by atomic mass is 32.2. The van der Waals surface area contributed by atoms with Crippen LogP contribution in [-0.2, 0) is 4.79 Å². The first-order valence-corrected chi connectivity index (χ1v) is 7.04. The number of nitrogens with zero attached hydrogens (tertiary/aromatic N) is 4. The Kier molecular flexibility index (Phi) is 4.23. The van der Waals surface area contributed by atoms with E-state index in [2.05, 4.69) is 10.2 Å². The van der Waals surface area contributed by atoms with Crippen molar-refractivity contribution in [2.75, 3.05) is 18.8 Å². The summed E-state index contributed by atoms with van der Waals surface area (Å²) in [6.07, 6.45) is 1.99. The molecule has 18 heavy (non-hydrogen) atoms. The lowest BCUT2D eigenvalue weighted by molar-refractivity contribution is -0.127. The normalized spacial score (nSPS) is 19.8. The summed E-state index contributed by atoms with van der Waals surface area (Å²) >= 11 is 1.39. The lowest BCUT2D eigenvalue weighted by Gasteiger charge is -2.15. The molecule has 0 saturated carbocycles. The molecule has 0 aromatic carbocycles. The van der Waals surface area contributed by atoms with E-state index in [1.807, 2.05) is 18.4 Å². The van der Waals surface area contributed by atoms with E-state index in [4.69, 9.17) is 0 Å². The minimum absolute atomic E-state index is 0.0508. The van der Waals surface area contributed by atoms with Crippen molar-refractivity contribution >= 4 is 17.7 Å². The van der Waals surface area contributed by atoms with Crippen molar-refractivity contribution in [1.82, 2.24) is 19.7 Å². The minimum atomic E-state index is -0.363. The Morgan fingerprint density at radius 1 is 1.67 bits per heavy atom. The molecule has 0 unspecified atom stereocenters. The highest BCUT2D eigenvalue weighted by molar-refractivity contribution is 7.99. The van der Waals surface area contributed by atoms with Gasteiger partial charge in [-0.3, -0.25) is 4.79 Å². The van der Waals surface area contributed by atoms with Crippen molar-refractivity contribution in [3.8, 4) is 0 Å². The van der Waals surface area contributed by atoms with Crippen molar-refractivity contribution in [3.63, 3.8) is 0 Å². The molecule has 6 nitrogen and oxygen atoms in total. The molecule has 1 aliphatic rings. The zero-order valence-electron chi connectivity index (χ0n) is 10.6. The summed E-state index contributed by atoms with van der Waals surface area (Å²) in [5, 5.41) is 18.0. The second kappa shape index (κ2) is 5.71. The molecule has 1 saturated heterocycles. The molecular weight excluding hydrogens is 252 g/mol. The van der Waals surface area contributed by atoms with Gasteiger partial charge in [-0.05, 0) is 20.3 Å². The van der Waals surface area contributed by atoms with E-state index in [-0.39, 0.29) is 18.1 Å². The number of hydrogen-bond acceptors (Lipinski definition) is 5. The summed E-state index contributed by atoms with van der Waals surface area (Å²) in [4.78, 5) is 13.6. The number of rotatable bonds is 4. The van der Waals surface area contributed by atoms with Crippen LogP contribution < -0.4 is 0 Å². The average molecular weight is 270 g/mol. The molecule has 0 spiro atoms. The number of likely N-dealkylation sites (tertiary alicyclic amines) is 1. The topological polar surface area (TPSA) is 71.2 Å². The fourth-order valence-corrected chi connectivity index (χ4v) is 2.82. The lowest BCUT2D eigenvalue weighted by atomic mass is 10.3. The van der Waals surface area contributed by atoms with E-state index in [1.54, 1.807) is 11.2 Å². The fourth-order valence-electron chi connectivity index (χ4n) is 1.88. The number of aromatic nitrogens is 3. The van der Waals surface area contributed by atoms with E-state index in [0.29, 0.717) is 25.3 Å². The van der Waals surface area contributed by atoms with E-state index < -0.39 is 0 Å². The molecule has 1 atom stereocenters. The first kappa shape index (κ1) is 13.4. The molecule has 0 aliphatic carbocycles. The lowest BCUT2D eigenvalue weighted by Crippen LogP contribution is -2.31. The van der Waals surface area contributed by atoms with Crippen molar-refractivity contribution in [3.05, 3.63) is 6.33 Å². The van der Waals surface area contributed by atoms with E-state index in [1.165, 1.54) is 11.8 Å². The van der Waals surface area contributed by atoms with Crippen LogP contribution in [0.1, 0.15) is 26.3 Å². The summed E-state index contributed by atoms with van der Waals surface area (Å²) in [6.45, 7) is 5.20. The number of β-amino-alcohol motifs (C(OH)–C–C–N with tert-alkyl or cyclic N) is 1. The maximum absolute atomic E-state index is 11.9. The van der Waals surface area contributed by atoms with Gasteiger partial charge in [0.15, 0.2) is 5.16 Å². The fraction of sp³-hybridized carbons (Fsp3) is 0.727. The summed E-state index contributed by atoms with van der Waals surface area (Å²) in [5.74, 6) is 0.396. The van der Waals surface area contributed by atoms with Gasteiger partial charge in [0.2, 0.25) is 5.91 Å². The highest BCUT2D eigenvalue weighted by Gasteiger charge is 2.24. The predicted molar refractivity (Wildman–Crippen MR) is 68.3 cm³/mol. The van der Waals surface area contributed by atoms with Crippen molar-refractivity contribution in [2.24, 2.45) is 0 Å². The second-order valence-electron chi connectivity index (χ2n) is 4.69. The van der Waals surface area contributed by atoms with E-state index >= 15 is 0 Å². The summed E-state index contributed by atoms with van der Waals surface area (Å²) in [7, 11) is 0. The molecular formula is C11H18N4O2S. The molecule has 100 valence electrons. The van der Waals surface area contributed by atoms with Crippen LogP contribution in [0.25, 0.3) is 0 Å². The zero-order chi connectivity index (χ0) is 13.1. The molecule has 1 amide bonds. The maximum atomic E-state index is 11.9. The van der Waals surface area contributed by atoms with Crippen LogP contribution in [0.3, 0.4) is 0 Å². The number of carbonyl (C=O) groups is 1. The largest absolute Gasteiger partial charge is 0.391 e. The van der Waals surface area contributed by atoms with Crippen LogP contribution in [-0.4, -0.2) is 55.6 Å². The molecule has 1 aromatic heterocycles. The standard InChI is InChI=1S/C11H18N4O2S/c1-8(2)15-7-12-13-11(15)18-6-10(17)14-4-3-9(16)5-14/h7-9,16H,3-6H2,1-2H3/t9-/m0/s1. The van der Waals surface area contributed by atoms with Gasteiger partial charge in [-0.25, -0.2) is 0 Å². The Labute approximate surface area is 110 Å². The third-order valence-corrected chi connectivity index (χ3v) is 3.88.